The summed E-state index contributed by atoms with van der Waals surface area (Å²) in [5.74, 6) is 0.921. The highest BCUT2D eigenvalue weighted by molar-refractivity contribution is 6.24. The molecule has 7 aromatic carbocycles. The molecule has 0 amide bonds. The molecular weight excluding hydrogens is 585 g/mol. The first-order chi connectivity index (χ1) is 23.8. The molecule has 3 heterocycles. The van der Waals surface area contributed by atoms with Crippen LogP contribution in [0.25, 0.3) is 88.4 Å². The van der Waals surface area contributed by atoms with Gasteiger partial charge in [-0.05, 0) is 52.7 Å². The van der Waals surface area contributed by atoms with Gasteiger partial charge in [-0.1, -0.05) is 127 Å². The lowest BCUT2D eigenvalue weighted by Crippen LogP contribution is -1.99. The van der Waals surface area contributed by atoms with Gasteiger partial charge in [0.15, 0.2) is 0 Å². The standard InChI is InChI=1S/C44H28N4/c1-3-14-29(15-4-1)44-46-41-36-22-9-7-20-34(36)35-21-8-10-23-37(35)43(41)48(44)32-19-11-16-30(28-32)33-24-12-25-38-40-39(26-13-27-45-40)47(42(33)38)31-17-5-2-6-18-31/h1-28H. The smallest absolute Gasteiger partial charge is 0.145 e. The summed E-state index contributed by atoms with van der Waals surface area (Å²) < 4.78 is 4.71. The number of imidazole rings is 1. The van der Waals surface area contributed by atoms with E-state index in [1.165, 1.54) is 16.2 Å². The fraction of sp³-hybridized carbons (Fsp3) is 0. The second kappa shape index (κ2) is 10.5. The molecule has 10 rings (SSSR count). The van der Waals surface area contributed by atoms with Crippen molar-refractivity contribution in [2.75, 3.05) is 0 Å². The molecule has 0 fully saturated rings. The fourth-order valence-corrected chi connectivity index (χ4v) is 7.51. The quantitative estimate of drug-likeness (QED) is 0.185. The van der Waals surface area contributed by atoms with Gasteiger partial charge >= 0.3 is 0 Å². The van der Waals surface area contributed by atoms with E-state index in [-0.39, 0.29) is 0 Å². The summed E-state index contributed by atoms with van der Waals surface area (Å²) in [7, 11) is 0. The van der Waals surface area contributed by atoms with E-state index >= 15 is 0 Å². The van der Waals surface area contributed by atoms with E-state index in [1.807, 2.05) is 12.3 Å². The SMILES string of the molecule is c1ccc(-c2nc3c4ccccc4c4ccccc4c3n2-c2cccc(-c3cccc4c5ncccc5n(-c5ccccc5)c34)c2)cc1. The van der Waals surface area contributed by atoms with E-state index in [4.69, 9.17) is 9.97 Å². The normalized spacial score (nSPS) is 11.8. The lowest BCUT2D eigenvalue weighted by molar-refractivity contribution is 1.11. The van der Waals surface area contributed by atoms with E-state index in [0.29, 0.717) is 0 Å². The Hall–Kier alpha value is -6.52. The Morgan fingerprint density at radius 3 is 1.83 bits per heavy atom. The third kappa shape index (κ3) is 3.90. The van der Waals surface area contributed by atoms with Crippen molar-refractivity contribution in [3.05, 3.63) is 170 Å². The minimum atomic E-state index is 0.921. The van der Waals surface area contributed by atoms with Gasteiger partial charge in [0.2, 0.25) is 0 Å². The Bertz CT molecular complexity index is 2830. The molecule has 0 bridgehead atoms. The first kappa shape index (κ1) is 26.7. The molecule has 3 aromatic heterocycles. The van der Waals surface area contributed by atoms with Crippen LogP contribution in [0.5, 0.6) is 0 Å². The molecule has 0 atom stereocenters. The highest BCUT2D eigenvalue weighted by atomic mass is 15.1. The van der Waals surface area contributed by atoms with Crippen molar-refractivity contribution in [1.29, 1.82) is 0 Å². The van der Waals surface area contributed by atoms with Crippen molar-refractivity contribution >= 4 is 54.5 Å². The number of rotatable bonds is 4. The van der Waals surface area contributed by atoms with Gasteiger partial charge in [0.1, 0.15) is 5.82 Å². The number of benzene rings is 7. The van der Waals surface area contributed by atoms with Gasteiger partial charge < -0.3 is 4.57 Å². The van der Waals surface area contributed by atoms with Crippen LogP contribution in [-0.2, 0) is 0 Å². The van der Waals surface area contributed by atoms with Gasteiger partial charge in [-0.3, -0.25) is 9.55 Å². The summed E-state index contributed by atoms with van der Waals surface area (Å²) in [4.78, 5) is 10.3. The van der Waals surface area contributed by atoms with Crippen LogP contribution in [-0.4, -0.2) is 19.1 Å². The Morgan fingerprint density at radius 2 is 1.02 bits per heavy atom. The van der Waals surface area contributed by atoms with Gasteiger partial charge in [0.05, 0.1) is 27.6 Å². The van der Waals surface area contributed by atoms with Crippen molar-refractivity contribution in [3.63, 3.8) is 0 Å². The van der Waals surface area contributed by atoms with Crippen molar-refractivity contribution in [2.24, 2.45) is 0 Å². The third-order valence-corrected chi connectivity index (χ3v) is 9.54. The van der Waals surface area contributed by atoms with Crippen LogP contribution in [0.4, 0.5) is 0 Å². The second-order valence-corrected chi connectivity index (χ2v) is 12.2. The number of aromatic nitrogens is 4. The van der Waals surface area contributed by atoms with Crippen molar-refractivity contribution in [2.45, 2.75) is 0 Å². The summed E-state index contributed by atoms with van der Waals surface area (Å²) in [5.41, 5.74) is 10.9. The number of para-hydroxylation sites is 2. The summed E-state index contributed by atoms with van der Waals surface area (Å²) in [6.45, 7) is 0. The molecule has 0 aliphatic heterocycles. The van der Waals surface area contributed by atoms with Crippen LogP contribution < -0.4 is 0 Å². The summed E-state index contributed by atoms with van der Waals surface area (Å²) in [5, 5.41) is 5.91. The lowest BCUT2D eigenvalue weighted by Gasteiger charge is -2.15. The highest BCUT2D eigenvalue weighted by Gasteiger charge is 2.21. The molecule has 0 aliphatic rings. The zero-order valence-electron chi connectivity index (χ0n) is 26.0. The number of pyridine rings is 1. The molecule has 4 heteroatoms. The average Bonchev–Trinajstić information content (AvgIpc) is 3.73. The lowest BCUT2D eigenvalue weighted by atomic mass is 9.99. The highest BCUT2D eigenvalue weighted by Crippen LogP contribution is 2.41. The predicted molar refractivity (Wildman–Crippen MR) is 199 cm³/mol. The minimum absolute atomic E-state index is 0.921. The van der Waals surface area contributed by atoms with Crippen LogP contribution in [0.1, 0.15) is 0 Å². The van der Waals surface area contributed by atoms with Crippen LogP contribution in [0.2, 0.25) is 0 Å². The zero-order chi connectivity index (χ0) is 31.6. The maximum atomic E-state index is 5.42. The number of hydrogen-bond acceptors (Lipinski definition) is 2. The van der Waals surface area contributed by atoms with Crippen LogP contribution in [0.3, 0.4) is 0 Å². The molecule has 4 nitrogen and oxygen atoms in total. The molecule has 0 N–H and O–H groups in total. The van der Waals surface area contributed by atoms with Gasteiger partial charge in [-0.2, -0.15) is 0 Å². The molecule has 10 aromatic rings. The van der Waals surface area contributed by atoms with Gasteiger partial charge in [-0.15, -0.1) is 0 Å². The van der Waals surface area contributed by atoms with E-state index in [0.717, 1.165) is 72.2 Å². The van der Waals surface area contributed by atoms with E-state index in [1.54, 1.807) is 0 Å². The molecule has 0 spiro atoms. The molecule has 0 unspecified atom stereocenters. The summed E-state index contributed by atoms with van der Waals surface area (Å²) in [6.07, 6.45) is 1.88. The summed E-state index contributed by atoms with van der Waals surface area (Å²) in [6, 6.07) is 58.1. The largest absolute Gasteiger partial charge is 0.307 e. The predicted octanol–water partition coefficient (Wildman–Crippen LogP) is 11.2. The Labute approximate surface area is 276 Å². The van der Waals surface area contributed by atoms with Crippen LogP contribution in [0, 0.1) is 0 Å². The van der Waals surface area contributed by atoms with Gasteiger partial charge in [-0.25, -0.2) is 4.98 Å². The molecule has 48 heavy (non-hydrogen) atoms. The molecule has 0 radical (unpaired) electrons. The monoisotopic (exact) mass is 612 g/mol. The number of hydrogen-bond donors (Lipinski definition) is 0. The Kier molecular flexibility index (Phi) is 5.84. The minimum Gasteiger partial charge on any atom is -0.307 e. The van der Waals surface area contributed by atoms with Crippen molar-refractivity contribution < 1.29 is 0 Å². The molecular formula is C44H28N4. The third-order valence-electron chi connectivity index (χ3n) is 9.54. The number of fused-ring (bicyclic) bond motifs is 9. The van der Waals surface area contributed by atoms with E-state index in [2.05, 4.69) is 167 Å². The maximum Gasteiger partial charge on any atom is 0.145 e. The molecule has 224 valence electrons. The van der Waals surface area contributed by atoms with Crippen molar-refractivity contribution in [1.82, 2.24) is 19.1 Å². The van der Waals surface area contributed by atoms with Gasteiger partial charge in [0, 0.05) is 44.9 Å². The second-order valence-electron chi connectivity index (χ2n) is 12.2. The van der Waals surface area contributed by atoms with E-state index < -0.39 is 0 Å². The van der Waals surface area contributed by atoms with Gasteiger partial charge in [0.25, 0.3) is 0 Å². The first-order valence-electron chi connectivity index (χ1n) is 16.3. The maximum absolute atomic E-state index is 5.42. The van der Waals surface area contributed by atoms with Crippen molar-refractivity contribution in [3.8, 4) is 33.9 Å². The number of nitrogens with zero attached hydrogens (tertiary/aromatic N) is 4. The Balaban J connectivity index is 1.30. The first-order valence-corrected chi connectivity index (χ1v) is 16.3. The summed E-state index contributed by atoms with van der Waals surface area (Å²) >= 11 is 0. The van der Waals surface area contributed by atoms with E-state index in [9.17, 15) is 0 Å². The zero-order valence-corrected chi connectivity index (χ0v) is 26.0. The fourth-order valence-electron chi connectivity index (χ4n) is 7.51. The molecule has 0 saturated heterocycles. The molecule has 0 aliphatic carbocycles. The van der Waals surface area contributed by atoms with Crippen LogP contribution >= 0.6 is 0 Å². The molecule has 0 saturated carbocycles. The Morgan fingerprint density at radius 1 is 0.396 bits per heavy atom. The van der Waals surface area contributed by atoms with Crippen LogP contribution in [0.15, 0.2) is 170 Å². The average molecular weight is 613 g/mol. The topological polar surface area (TPSA) is 35.6 Å².